The molecular weight excluding hydrogens is 429 g/mol. The molecule has 0 aliphatic rings. The maximum Gasteiger partial charge on any atom is 0.191 e. The SMILES string of the molecule is CN=C(NCCCOCCOC)NCc1ccc2ccccc2c1.I. The van der Waals surface area contributed by atoms with Crippen molar-refractivity contribution >= 4 is 40.7 Å². The van der Waals surface area contributed by atoms with Crippen molar-refractivity contribution in [2.45, 2.75) is 13.0 Å². The minimum absolute atomic E-state index is 0. The summed E-state index contributed by atoms with van der Waals surface area (Å²) in [6, 6.07) is 14.9. The standard InChI is InChI=1S/C19H27N3O2.HI/c1-20-19(21-10-5-11-24-13-12-23-2)22-15-16-8-9-17-6-3-4-7-18(17)14-16;/h3-4,6-9,14H,5,10-13,15H2,1-2H3,(H2,20,21,22);1H. The molecule has 0 radical (unpaired) electrons. The molecule has 25 heavy (non-hydrogen) atoms. The van der Waals surface area contributed by atoms with Crippen LogP contribution in [0.1, 0.15) is 12.0 Å². The minimum atomic E-state index is 0. The van der Waals surface area contributed by atoms with E-state index >= 15 is 0 Å². The Balaban J connectivity index is 0.00000312. The fourth-order valence-electron chi connectivity index (χ4n) is 2.38. The van der Waals surface area contributed by atoms with Crippen molar-refractivity contribution in [1.29, 1.82) is 0 Å². The van der Waals surface area contributed by atoms with E-state index in [-0.39, 0.29) is 24.0 Å². The molecule has 0 aliphatic carbocycles. The lowest BCUT2D eigenvalue weighted by Gasteiger charge is -2.12. The van der Waals surface area contributed by atoms with E-state index in [4.69, 9.17) is 9.47 Å². The van der Waals surface area contributed by atoms with Crippen LogP contribution in [0.2, 0.25) is 0 Å². The van der Waals surface area contributed by atoms with Crippen molar-refractivity contribution in [3.8, 4) is 0 Å². The summed E-state index contributed by atoms with van der Waals surface area (Å²) in [6.45, 7) is 3.57. The van der Waals surface area contributed by atoms with Crippen LogP contribution < -0.4 is 10.6 Å². The number of hydrogen-bond acceptors (Lipinski definition) is 3. The van der Waals surface area contributed by atoms with E-state index < -0.39 is 0 Å². The van der Waals surface area contributed by atoms with Crippen molar-refractivity contribution in [2.75, 3.05) is 40.5 Å². The van der Waals surface area contributed by atoms with Gasteiger partial charge < -0.3 is 20.1 Å². The second-order valence-electron chi connectivity index (χ2n) is 5.49. The predicted octanol–water partition coefficient (Wildman–Crippen LogP) is 3.18. The molecule has 0 aliphatic heterocycles. The molecule has 0 fully saturated rings. The lowest BCUT2D eigenvalue weighted by molar-refractivity contribution is 0.0698. The molecule has 0 saturated heterocycles. The number of hydrogen-bond donors (Lipinski definition) is 2. The highest BCUT2D eigenvalue weighted by molar-refractivity contribution is 14.0. The number of ether oxygens (including phenoxy) is 2. The normalized spacial score (nSPS) is 11.2. The summed E-state index contributed by atoms with van der Waals surface area (Å²) in [7, 11) is 3.46. The quantitative estimate of drug-likeness (QED) is 0.263. The number of methoxy groups -OCH3 is 1. The zero-order valence-electron chi connectivity index (χ0n) is 15.0. The maximum atomic E-state index is 5.43. The fraction of sp³-hybridized carbons (Fsp3) is 0.421. The van der Waals surface area contributed by atoms with E-state index in [0.29, 0.717) is 13.2 Å². The highest BCUT2D eigenvalue weighted by Gasteiger charge is 2.00. The van der Waals surface area contributed by atoms with Gasteiger partial charge in [0.15, 0.2) is 5.96 Å². The average Bonchev–Trinajstić information content (AvgIpc) is 2.63. The lowest BCUT2D eigenvalue weighted by Crippen LogP contribution is -2.37. The van der Waals surface area contributed by atoms with Crippen LogP contribution in [-0.4, -0.2) is 46.5 Å². The van der Waals surface area contributed by atoms with Crippen LogP contribution in [0.4, 0.5) is 0 Å². The smallest absolute Gasteiger partial charge is 0.191 e. The molecule has 5 nitrogen and oxygen atoms in total. The van der Waals surface area contributed by atoms with Gasteiger partial charge in [-0.05, 0) is 28.8 Å². The molecule has 6 heteroatoms. The predicted molar refractivity (Wildman–Crippen MR) is 115 cm³/mol. The van der Waals surface area contributed by atoms with E-state index in [9.17, 15) is 0 Å². The largest absolute Gasteiger partial charge is 0.382 e. The van der Waals surface area contributed by atoms with Crippen molar-refractivity contribution in [1.82, 2.24) is 10.6 Å². The molecule has 0 saturated carbocycles. The first-order valence-corrected chi connectivity index (χ1v) is 8.32. The Kier molecular flexibility index (Phi) is 11.2. The molecular formula is C19H28IN3O2. The molecule has 0 atom stereocenters. The van der Waals surface area contributed by atoms with Gasteiger partial charge in [0, 0.05) is 33.9 Å². The van der Waals surface area contributed by atoms with Gasteiger partial charge in [0.2, 0.25) is 0 Å². The van der Waals surface area contributed by atoms with Gasteiger partial charge in [-0.3, -0.25) is 4.99 Å². The topological polar surface area (TPSA) is 54.9 Å². The molecule has 0 bridgehead atoms. The molecule has 0 spiro atoms. The monoisotopic (exact) mass is 457 g/mol. The Morgan fingerprint density at radius 3 is 2.56 bits per heavy atom. The van der Waals surface area contributed by atoms with Gasteiger partial charge in [0.05, 0.1) is 13.2 Å². The summed E-state index contributed by atoms with van der Waals surface area (Å²) in [4.78, 5) is 4.25. The molecule has 0 aromatic heterocycles. The van der Waals surface area contributed by atoms with Gasteiger partial charge >= 0.3 is 0 Å². The first-order chi connectivity index (χ1) is 11.8. The summed E-state index contributed by atoms with van der Waals surface area (Å²) < 4.78 is 10.4. The van der Waals surface area contributed by atoms with Crippen LogP contribution in [0.15, 0.2) is 47.5 Å². The number of rotatable bonds is 9. The van der Waals surface area contributed by atoms with Crippen molar-refractivity contribution in [3.63, 3.8) is 0 Å². The van der Waals surface area contributed by atoms with Crippen molar-refractivity contribution in [2.24, 2.45) is 4.99 Å². The number of halogens is 1. The van der Waals surface area contributed by atoms with Crippen LogP contribution >= 0.6 is 24.0 Å². The zero-order chi connectivity index (χ0) is 17.0. The van der Waals surface area contributed by atoms with Gasteiger partial charge in [0.25, 0.3) is 0 Å². The summed E-state index contributed by atoms with van der Waals surface area (Å²) >= 11 is 0. The number of nitrogens with one attached hydrogen (secondary N) is 2. The molecule has 0 amide bonds. The summed E-state index contributed by atoms with van der Waals surface area (Å²) in [5.74, 6) is 0.806. The Morgan fingerprint density at radius 1 is 1.00 bits per heavy atom. The number of guanidine groups is 1. The number of aliphatic imine (C=N–C) groups is 1. The van der Waals surface area contributed by atoms with Crippen molar-refractivity contribution < 1.29 is 9.47 Å². The zero-order valence-corrected chi connectivity index (χ0v) is 17.3. The molecule has 0 unspecified atom stereocenters. The maximum absolute atomic E-state index is 5.43. The van der Waals surface area contributed by atoms with Crippen molar-refractivity contribution in [3.05, 3.63) is 48.0 Å². The third kappa shape index (κ3) is 8.02. The minimum Gasteiger partial charge on any atom is -0.382 e. The van der Waals surface area contributed by atoms with Gasteiger partial charge in [-0.15, -0.1) is 24.0 Å². The first kappa shape index (κ1) is 21.7. The molecule has 2 aromatic rings. The molecule has 2 rings (SSSR count). The first-order valence-electron chi connectivity index (χ1n) is 8.32. The van der Waals surface area contributed by atoms with Crippen LogP contribution in [0.5, 0.6) is 0 Å². The van der Waals surface area contributed by atoms with E-state index in [0.717, 1.165) is 32.1 Å². The van der Waals surface area contributed by atoms with Gasteiger partial charge in [-0.1, -0.05) is 36.4 Å². The highest BCUT2D eigenvalue weighted by atomic mass is 127. The second kappa shape index (κ2) is 12.9. The lowest BCUT2D eigenvalue weighted by atomic mass is 10.1. The molecule has 0 heterocycles. The summed E-state index contributed by atoms with van der Waals surface area (Å²) in [6.07, 6.45) is 0.931. The molecule has 2 aromatic carbocycles. The van der Waals surface area contributed by atoms with Gasteiger partial charge in [-0.25, -0.2) is 0 Å². The second-order valence-corrected chi connectivity index (χ2v) is 5.49. The van der Waals surface area contributed by atoms with E-state index in [1.807, 2.05) is 0 Å². The van der Waals surface area contributed by atoms with E-state index in [1.54, 1.807) is 14.2 Å². The average molecular weight is 457 g/mol. The van der Waals surface area contributed by atoms with Gasteiger partial charge in [-0.2, -0.15) is 0 Å². The molecule has 2 N–H and O–H groups in total. The number of nitrogens with zero attached hydrogens (tertiary/aromatic N) is 1. The van der Waals surface area contributed by atoms with Crippen LogP contribution in [0, 0.1) is 0 Å². The Labute approximate surface area is 167 Å². The Bertz CT molecular complexity index is 649. The van der Waals surface area contributed by atoms with E-state index in [1.165, 1.54) is 16.3 Å². The van der Waals surface area contributed by atoms with Crippen LogP contribution in [0.25, 0.3) is 10.8 Å². The van der Waals surface area contributed by atoms with Gasteiger partial charge in [0.1, 0.15) is 0 Å². The number of fused-ring (bicyclic) bond motifs is 1. The summed E-state index contributed by atoms with van der Waals surface area (Å²) in [5, 5.41) is 9.15. The third-order valence-corrected chi connectivity index (χ3v) is 3.69. The Morgan fingerprint density at radius 2 is 1.80 bits per heavy atom. The van der Waals surface area contributed by atoms with Crippen LogP contribution in [-0.2, 0) is 16.0 Å². The van der Waals surface area contributed by atoms with Crippen LogP contribution in [0.3, 0.4) is 0 Å². The molecule has 138 valence electrons. The number of benzene rings is 2. The summed E-state index contributed by atoms with van der Waals surface area (Å²) in [5.41, 5.74) is 1.24. The Hall–Kier alpha value is -1.38. The highest BCUT2D eigenvalue weighted by Crippen LogP contribution is 2.15. The van der Waals surface area contributed by atoms with E-state index in [2.05, 4.69) is 58.1 Å². The fourth-order valence-corrected chi connectivity index (χ4v) is 2.38. The third-order valence-electron chi connectivity index (χ3n) is 3.69.